The number of aromatic nitrogens is 1. The molecular weight excluding hydrogens is 306 g/mol. The van der Waals surface area contributed by atoms with Crippen molar-refractivity contribution >= 4 is 23.4 Å². The molecule has 24 heavy (non-hydrogen) atoms. The van der Waals surface area contributed by atoms with E-state index in [4.69, 9.17) is 11.0 Å². The molecule has 1 amide bonds. The van der Waals surface area contributed by atoms with Crippen LogP contribution in [0.4, 0.5) is 11.5 Å². The van der Waals surface area contributed by atoms with Crippen molar-refractivity contribution in [2.24, 2.45) is 22.6 Å². The van der Waals surface area contributed by atoms with Gasteiger partial charge in [-0.05, 0) is 43.2 Å². The van der Waals surface area contributed by atoms with Crippen LogP contribution in [0.5, 0.6) is 0 Å². The summed E-state index contributed by atoms with van der Waals surface area (Å²) in [6, 6.07) is 3.70. The Kier molecular flexibility index (Phi) is 4.91. The Labute approximate surface area is 140 Å². The van der Waals surface area contributed by atoms with E-state index in [9.17, 15) is 4.79 Å². The summed E-state index contributed by atoms with van der Waals surface area (Å²) in [6.07, 6.45) is 8.39. The molecule has 0 unspecified atom stereocenters. The van der Waals surface area contributed by atoms with Gasteiger partial charge in [-0.3, -0.25) is 10.1 Å². The molecule has 3 atom stereocenters. The van der Waals surface area contributed by atoms with Crippen LogP contribution in [0.2, 0.25) is 0 Å². The second kappa shape index (κ2) is 7.27. The minimum atomic E-state index is -0.298. The molecule has 5 N–H and O–H groups in total. The van der Waals surface area contributed by atoms with Crippen molar-refractivity contribution < 1.29 is 4.79 Å². The second-order valence-electron chi connectivity index (χ2n) is 6.27. The highest BCUT2D eigenvalue weighted by Crippen LogP contribution is 2.45. The number of nitrogens with two attached hydrogens (primary N) is 1. The van der Waals surface area contributed by atoms with Gasteiger partial charge in [0.05, 0.1) is 24.5 Å². The van der Waals surface area contributed by atoms with Gasteiger partial charge in [-0.2, -0.15) is 5.26 Å². The molecule has 0 aromatic carbocycles. The molecule has 3 rings (SSSR count). The summed E-state index contributed by atoms with van der Waals surface area (Å²) in [5.74, 6) is 2.00. The van der Waals surface area contributed by atoms with Crippen molar-refractivity contribution in [1.82, 2.24) is 10.3 Å². The number of rotatable bonds is 4. The summed E-state index contributed by atoms with van der Waals surface area (Å²) in [4.78, 5) is 20.0. The molecule has 2 aliphatic carbocycles. The lowest BCUT2D eigenvalue weighted by molar-refractivity contribution is -0.114. The lowest BCUT2D eigenvalue weighted by Crippen LogP contribution is -2.30. The van der Waals surface area contributed by atoms with E-state index >= 15 is 0 Å². The molecule has 2 saturated carbocycles. The van der Waals surface area contributed by atoms with Gasteiger partial charge in [-0.1, -0.05) is 6.42 Å². The maximum atomic E-state index is 11.2. The van der Waals surface area contributed by atoms with Gasteiger partial charge in [-0.25, -0.2) is 9.98 Å². The van der Waals surface area contributed by atoms with Gasteiger partial charge in [-0.15, -0.1) is 0 Å². The SMILES string of the molecule is N#CNC(=N[C@H]1C[C@@H]2CC[C@H]1C2)Nc1ccc(NC(=O)CN)nc1. The number of nitriles is 1. The predicted octanol–water partition coefficient (Wildman–Crippen LogP) is 1.01. The second-order valence-corrected chi connectivity index (χ2v) is 6.27. The Morgan fingerprint density at radius 3 is 2.83 bits per heavy atom. The number of nitrogens with one attached hydrogen (secondary N) is 3. The third kappa shape index (κ3) is 3.81. The fourth-order valence-electron chi connectivity index (χ4n) is 3.56. The zero-order valence-corrected chi connectivity index (χ0v) is 13.3. The van der Waals surface area contributed by atoms with Crippen molar-refractivity contribution in [1.29, 1.82) is 5.26 Å². The zero-order chi connectivity index (χ0) is 16.9. The Hall–Kier alpha value is -2.66. The monoisotopic (exact) mass is 327 g/mol. The minimum Gasteiger partial charge on any atom is -0.324 e. The van der Waals surface area contributed by atoms with Crippen LogP contribution in [-0.4, -0.2) is 29.4 Å². The van der Waals surface area contributed by atoms with Crippen molar-refractivity contribution in [3.8, 4) is 6.19 Å². The Morgan fingerprint density at radius 2 is 2.25 bits per heavy atom. The number of carbonyl (C=O) groups excluding carboxylic acids is 1. The molecule has 2 aliphatic rings. The van der Waals surface area contributed by atoms with Crippen molar-refractivity contribution in [2.45, 2.75) is 31.7 Å². The fraction of sp³-hybridized carbons (Fsp3) is 0.500. The topological polar surface area (TPSA) is 128 Å². The van der Waals surface area contributed by atoms with Gasteiger partial charge < -0.3 is 16.4 Å². The molecule has 0 aliphatic heterocycles. The van der Waals surface area contributed by atoms with Crippen LogP contribution in [0.15, 0.2) is 23.3 Å². The van der Waals surface area contributed by atoms with Crippen molar-refractivity contribution in [3.05, 3.63) is 18.3 Å². The number of fused-ring (bicyclic) bond motifs is 2. The third-order valence-electron chi connectivity index (χ3n) is 4.65. The maximum absolute atomic E-state index is 11.2. The molecule has 2 fully saturated rings. The van der Waals surface area contributed by atoms with E-state index in [-0.39, 0.29) is 18.5 Å². The molecule has 8 nitrogen and oxygen atoms in total. The Morgan fingerprint density at radius 1 is 1.38 bits per heavy atom. The fourth-order valence-corrected chi connectivity index (χ4v) is 3.56. The summed E-state index contributed by atoms with van der Waals surface area (Å²) in [6.45, 7) is -0.0892. The number of anilines is 2. The van der Waals surface area contributed by atoms with Crippen LogP contribution in [0.3, 0.4) is 0 Å². The van der Waals surface area contributed by atoms with E-state index in [1.807, 2.05) is 6.19 Å². The smallest absolute Gasteiger partial charge is 0.239 e. The first-order valence-electron chi connectivity index (χ1n) is 8.14. The minimum absolute atomic E-state index is 0.0892. The van der Waals surface area contributed by atoms with Gasteiger partial charge in [0.1, 0.15) is 5.82 Å². The van der Waals surface area contributed by atoms with E-state index < -0.39 is 0 Å². The largest absolute Gasteiger partial charge is 0.324 e. The number of pyridine rings is 1. The number of hydrogen-bond acceptors (Lipinski definition) is 5. The number of nitrogens with zero attached hydrogens (tertiary/aromatic N) is 3. The molecule has 8 heteroatoms. The molecule has 2 bridgehead atoms. The molecule has 1 aromatic heterocycles. The van der Waals surface area contributed by atoms with Gasteiger partial charge in [0.25, 0.3) is 0 Å². The molecular formula is C16H21N7O. The van der Waals surface area contributed by atoms with Crippen LogP contribution >= 0.6 is 0 Å². The van der Waals surface area contributed by atoms with E-state index in [0.717, 1.165) is 12.3 Å². The molecule has 0 saturated heterocycles. The first kappa shape index (κ1) is 16.2. The van der Waals surface area contributed by atoms with Gasteiger partial charge in [0, 0.05) is 0 Å². The van der Waals surface area contributed by atoms with Gasteiger partial charge in [0.2, 0.25) is 11.9 Å². The quantitative estimate of drug-likeness (QED) is 0.283. The van der Waals surface area contributed by atoms with E-state index in [2.05, 4.69) is 25.9 Å². The highest BCUT2D eigenvalue weighted by Gasteiger charge is 2.39. The highest BCUT2D eigenvalue weighted by atomic mass is 16.1. The summed E-state index contributed by atoms with van der Waals surface area (Å²) in [7, 11) is 0. The maximum Gasteiger partial charge on any atom is 0.239 e. The normalized spacial score (nSPS) is 25.2. The summed E-state index contributed by atoms with van der Waals surface area (Å²) < 4.78 is 0. The molecule has 0 spiro atoms. The number of guanidine groups is 1. The molecule has 1 heterocycles. The lowest BCUT2D eigenvalue weighted by Gasteiger charge is -2.19. The summed E-state index contributed by atoms with van der Waals surface area (Å²) >= 11 is 0. The van der Waals surface area contributed by atoms with Crippen LogP contribution in [0.25, 0.3) is 0 Å². The standard InChI is InChI=1S/C16H21N7O/c17-7-15(24)23-14-4-3-12(8-19-14)21-16(20-9-18)22-13-6-10-1-2-11(13)5-10/h3-4,8,10-11,13H,1-2,5-7,17H2,(H,19,23,24)(H2,20,21,22)/t10-,11+,13+/m1/s1. The molecule has 1 aromatic rings. The Balaban J connectivity index is 1.65. The number of aliphatic imine (C=N–C) groups is 1. The van der Waals surface area contributed by atoms with E-state index in [1.165, 1.54) is 19.3 Å². The number of hydrogen-bond donors (Lipinski definition) is 4. The zero-order valence-electron chi connectivity index (χ0n) is 13.3. The van der Waals surface area contributed by atoms with Crippen LogP contribution in [0.1, 0.15) is 25.7 Å². The van der Waals surface area contributed by atoms with Crippen LogP contribution in [0, 0.1) is 23.3 Å². The molecule has 126 valence electrons. The predicted molar refractivity (Wildman–Crippen MR) is 91.0 cm³/mol. The average Bonchev–Trinajstić information content (AvgIpc) is 3.19. The lowest BCUT2D eigenvalue weighted by atomic mass is 9.96. The van der Waals surface area contributed by atoms with E-state index in [1.54, 1.807) is 18.3 Å². The van der Waals surface area contributed by atoms with Crippen molar-refractivity contribution in [3.63, 3.8) is 0 Å². The van der Waals surface area contributed by atoms with Gasteiger partial charge >= 0.3 is 0 Å². The third-order valence-corrected chi connectivity index (χ3v) is 4.65. The summed E-state index contributed by atoms with van der Waals surface area (Å²) in [5.41, 5.74) is 5.93. The molecule has 0 radical (unpaired) electrons. The van der Waals surface area contributed by atoms with Crippen LogP contribution in [-0.2, 0) is 4.79 Å². The van der Waals surface area contributed by atoms with E-state index in [0.29, 0.717) is 23.4 Å². The van der Waals surface area contributed by atoms with Crippen molar-refractivity contribution in [2.75, 3.05) is 17.2 Å². The number of carbonyl (C=O) groups is 1. The highest BCUT2D eigenvalue weighted by molar-refractivity contribution is 5.95. The summed E-state index contributed by atoms with van der Waals surface area (Å²) in [5, 5.41) is 17.2. The van der Waals surface area contributed by atoms with Crippen LogP contribution < -0.4 is 21.7 Å². The average molecular weight is 327 g/mol. The first-order valence-corrected chi connectivity index (χ1v) is 8.14. The number of amides is 1. The Bertz CT molecular complexity index is 664. The van der Waals surface area contributed by atoms with Gasteiger partial charge in [0.15, 0.2) is 6.19 Å². The first-order chi connectivity index (χ1) is 11.7.